The van der Waals surface area contributed by atoms with Gasteiger partial charge in [0.1, 0.15) is 5.75 Å². The van der Waals surface area contributed by atoms with Crippen LogP contribution in [0.3, 0.4) is 0 Å². The molecule has 1 atom stereocenters. The van der Waals surface area contributed by atoms with E-state index in [1.807, 2.05) is 36.9 Å². The Morgan fingerprint density at radius 3 is 2.16 bits per heavy atom. The number of piperazine rings is 1. The minimum atomic E-state index is -3.73. The van der Waals surface area contributed by atoms with E-state index in [2.05, 4.69) is 4.90 Å². The van der Waals surface area contributed by atoms with Crippen molar-refractivity contribution in [1.29, 1.82) is 0 Å². The first-order valence-corrected chi connectivity index (χ1v) is 14.0. The highest BCUT2D eigenvalue weighted by Crippen LogP contribution is 2.33. The van der Waals surface area contributed by atoms with E-state index in [0.717, 1.165) is 12.0 Å². The second kappa shape index (κ2) is 12.5. The molecule has 1 fully saturated rings. The third-order valence-corrected chi connectivity index (χ3v) is 8.84. The van der Waals surface area contributed by atoms with E-state index in [0.29, 0.717) is 62.1 Å². The van der Waals surface area contributed by atoms with Crippen LogP contribution in [0.2, 0.25) is 0 Å². The molecule has 0 N–H and O–H groups in total. The first-order valence-electron chi connectivity index (χ1n) is 12.5. The van der Waals surface area contributed by atoms with Gasteiger partial charge in [-0.3, -0.25) is 4.79 Å². The molecule has 0 aliphatic carbocycles. The van der Waals surface area contributed by atoms with Crippen LogP contribution in [-0.4, -0.2) is 84.6 Å². The predicted octanol–water partition coefficient (Wildman–Crippen LogP) is 3.27. The standard InChI is InChI=1S/C27H39N3O6S/c1-7-20(2)27(31)30-16-14-29(15-17-30)23-19-22(9-11-24(23)34-4)37(32,33)28(3)13-12-21-8-10-25(35-5)26(18-21)36-6/h8-11,18-20H,7,12-17H2,1-6H3/t20-/m0/s1. The fourth-order valence-electron chi connectivity index (χ4n) is 4.35. The van der Waals surface area contributed by atoms with E-state index in [1.165, 1.54) is 4.31 Å². The van der Waals surface area contributed by atoms with Gasteiger partial charge in [-0.05, 0) is 48.7 Å². The Bertz CT molecular complexity index is 1180. The molecule has 1 heterocycles. The van der Waals surface area contributed by atoms with E-state index in [-0.39, 0.29) is 16.7 Å². The van der Waals surface area contributed by atoms with Gasteiger partial charge in [-0.1, -0.05) is 19.9 Å². The number of methoxy groups -OCH3 is 3. The summed E-state index contributed by atoms with van der Waals surface area (Å²) in [6.07, 6.45) is 1.33. The average molecular weight is 534 g/mol. The van der Waals surface area contributed by atoms with Crippen molar-refractivity contribution in [2.24, 2.45) is 5.92 Å². The van der Waals surface area contributed by atoms with Crippen molar-refractivity contribution in [3.63, 3.8) is 0 Å². The third-order valence-electron chi connectivity index (χ3n) is 6.99. The molecule has 1 aliphatic rings. The van der Waals surface area contributed by atoms with Crippen molar-refractivity contribution in [3.05, 3.63) is 42.0 Å². The van der Waals surface area contributed by atoms with Gasteiger partial charge in [0, 0.05) is 45.7 Å². The van der Waals surface area contributed by atoms with Gasteiger partial charge in [0.2, 0.25) is 15.9 Å². The molecule has 0 aromatic heterocycles. The molecule has 1 aliphatic heterocycles. The zero-order valence-corrected chi connectivity index (χ0v) is 23.5. The van der Waals surface area contributed by atoms with Gasteiger partial charge < -0.3 is 24.0 Å². The van der Waals surface area contributed by atoms with E-state index >= 15 is 0 Å². The molecule has 0 bridgehead atoms. The van der Waals surface area contributed by atoms with Crippen LogP contribution in [0.1, 0.15) is 25.8 Å². The monoisotopic (exact) mass is 533 g/mol. The Balaban J connectivity index is 1.74. The first-order chi connectivity index (χ1) is 17.7. The van der Waals surface area contributed by atoms with E-state index in [1.54, 1.807) is 46.6 Å². The lowest BCUT2D eigenvalue weighted by atomic mass is 10.1. The summed E-state index contributed by atoms with van der Waals surface area (Å²) in [5.74, 6) is 2.01. The first kappa shape index (κ1) is 28.6. The average Bonchev–Trinajstić information content (AvgIpc) is 2.94. The predicted molar refractivity (Wildman–Crippen MR) is 144 cm³/mol. The molecule has 9 nitrogen and oxygen atoms in total. The van der Waals surface area contributed by atoms with Crippen LogP contribution in [0, 0.1) is 5.92 Å². The molecule has 1 saturated heterocycles. The van der Waals surface area contributed by atoms with Crippen molar-refractivity contribution in [2.45, 2.75) is 31.6 Å². The Morgan fingerprint density at radius 2 is 1.57 bits per heavy atom. The maximum absolute atomic E-state index is 13.4. The fourth-order valence-corrected chi connectivity index (χ4v) is 5.55. The number of nitrogens with zero attached hydrogens (tertiary/aromatic N) is 3. The van der Waals surface area contributed by atoms with Gasteiger partial charge >= 0.3 is 0 Å². The Hall–Kier alpha value is -2.98. The number of benzene rings is 2. The number of ether oxygens (including phenoxy) is 3. The number of sulfonamides is 1. The maximum atomic E-state index is 13.4. The molecular formula is C27H39N3O6S. The molecule has 2 aromatic rings. The van der Waals surface area contributed by atoms with Crippen LogP contribution in [-0.2, 0) is 21.2 Å². The number of hydrogen-bond donors (Lipinski definition) is 0. The number of hydrogen-bond acceptors (Lipinski definition) is 7. The highest BCUT2D eigenvalue weighted by molar-refractivity contribution is 7.89. The van der Waals surface area contributed by atoms with Crippen LogP contribution in [0.5, 0.6) is 17.2 Å². The number of carbonyl (C=O) groups excluding carboxylic acids is 1. The van der Waals surface area contributed by atoms with Gasteiger partial charge in [-0.15, -0.1) is 0 Å². The van der Waals surface area contributed by atoms with E-state index in [4.69, 9.17) is 14.2 Å². The highest BCUT2D eigenvalue weighted by atomic mass is 32.2. The van der Waals surface area contributed by atoms with Crippen molar-refractivity contribution in [3.8, 4) is 17.2 Å². The molecule has 0 saturated carbocycles. The van der Waals surface area contributed by atoms with Crippen LogP contribution >= 0.6 is 0 Å². The molecule has 0 radical (unpaired) electrons. The van der Waals surface area contributed by atoms with Crippen LogP contribution in [0.4, 0.5) is 5.69 Å². The van der Waals surface area contributed by atoms with E-state index in [9.17, 15) is 13.2 Å². The SMILES string of the molecule is CC[C@H](C)C(=O)N1CCN(c2cc(S(=O)(=O)N(C)CCc3ccc(OC)c(OC)c3)ccc2OC)CC1. The second-order valence-electron chi connectivity index (χ2n) is 9.22. The molecule has 3 rings (SSSR count). The van der Waals surface area contributed by atoms with Crippen molar-refractivity contribution in [2.75, 3.05) is 66.0 Å². The summed E-state index contributed by atoms with van der Waals surface area (Å²) in [7, 11) is 2.57. The summed E-state index contributed by atoms with van der Waals surface area (Å²) in [6.45, 7) is 6.67. The summed E-state index contributed by atoms with van der Waals surface area (Å²) >= 11 is 0. The van der Waals surface area contributed by atoms with Crippen molar-refractivity contribution < 1.29 is 27.4 Å². The molecule has 37 heavy (non-hydrogen) atoms. The zero-order valence-electron chi connectivity index (χ0n) is 22.7. The van der Waals surface area contributed by atoms with Gasteiger partial charge in [-0.25, -0.2) is 12.7 Å². The quantitative estimate of drug-likeness (QED) is 0.438. The highest BCUT2D eigenvalue weighted by Gasteiger charge is 2.28. The molecule has 2 aromatic carbocycles. The summed E-state index contributed by atoms with van der Waals surface area (Å²) < 4.78 is 44.4. The van der Waals surface area contributed by atoms with E-state index < -0.39 is 10.0 Å². The van der Waals surface area contributed by atoms with Crippen LogP contribution in [0.15, 0.2) is 41.3 Å². The minimum absolute atomic E-state index is 0.00379. The number of anilines is 1. The molecule has 204 valence electrons. The fraction of sp³-hybridized carbons (Fsp3) is 0.519. The Labute approximate surface area is 220 Å². The van der Waals surface area contributed by atoms with Gasteiger partial charge in [0.15, 0.2) is 11.5 Å². The van der Waals surface area contributed by atoms with Crippen LogP contribution in [0.25, 0.3) is 0 Å². The lowest BCUT2D eigenvalue weighted by molar-refractivity contribution is -0.135. The number of likely N-dealkylation sites (N-methyl/N-ethyl adjacent to an activating group) is 1. The summed E-state index contributed by atoms with van der Waals surface area (Å²) in [5.41, 5.74) is 1.66. The summed E-state index contributed by atoms with van der Waals surface area (Å²) in [4.78, 5) is 16.8. The third kappa shape index (κ3) is 6.48. The topological polar surface area (TPSA) is 88.6 Å². The van der Waals surface area contributed by atoms with Crippen molar-refractivity contribution in [1.82, 2.24) is 9.21 Å². The minimum Gasteiger partial charge on any atom is -0.495 e. The smallest absolute Gasteiger partial charge is 0.242 e. The Morgan fingerprint density at radius 1 is 0.946 bits per heavy atom. The summed E-state index contributed by atoms with van der Waals surface area (Å²) in [6, 6.07) is 10.5. The molecule has 0 unspecified atom stereocenters. The molecule has 1 amide bonds. The number of rotatable bonds is 11. The molecule has 0 spiro atoms. The normalized spacial score (nSPS) is 15.0. The van der Waals surface area contributed by atoms with Crippen LogP contribution < -0.4 is 19.1 Å². The lowest BCUT2D eigenvalue weighted by Crippen LogP contribution is -2.50. The van der Waals surface area contributed by atoms with Gasteiger partial charge in [0.25, 0.3) is 0 Å². The summed E-state index contributed by atoms with van der Waals surface area (Å²) in [5, 5.41) is 0. The lowest BCUT2D eigenvalue weighted by Gasteiger charge is -2.37. The molecule has 10 heteroatoms. The van der Waals surface area contributed by atoms with Gasteiger partial charge in [-0.2, -0.15) is 0 Å². The van der Waals surface area contributed by atoms with Gasteiger partial charge in [0.05, 0.1) is 31.9 Å². The Kier molecular flexibility index (Phi) is 9.67. The van der Waals surface area contributed by atoms with Crippen molar-refractivity contribution >= 4 is 21.6 Å². The number of amides is 1. The maximum Gasteiger partial charge on any atom is 0.242 e. The zero-order chi connectivity index (χ0) is 27.2. The number of carbonyl (C=O) groups is 1. The second-order valence-corrected chi connectivity index (χ2v) is 11.3. The molecular weight excluding hydrogens is 494 g/mol. The largest absolute Gasteiger partial charge is 0.495 e.